The summed E-state index contributed by atoms with van der Waals surface area (Å²) in [5, 5.41) is 6.36. The molecular formula is C23H27N5O3S. The van der Waals surface area contributed by atoms with E-state index in [1.54, 1.807) is 12.3 Å². The Morgan fingerprint density at radius 2 is 2.00 bits per heavy atom. The van der Waals surface area contributed by atoms with Crippen molar-refractivity contribution in [2.45, 2.75) is 50.2 Å². The molecule has 2 aliphatic rings. The predicted octanol–water partition coefficient (Wildman–Crippen LogP) is 4.27. The van der Waals surface area contributed by atoms with Gasteiger partial charge in [-0.1, -0.05) is 12.1 Å². The van der Waals surface area contributed by atoms with Crippen LogP contribution >= 0.6 is 0 Å². The van der Waals surface area contributed by atoms with Crippen molar-refractivity contribution in [3.63, 3.8) is 0 Å². The van der Waals surface area contributed by atoms with E-state index in [1.165, 1.54) is 0 Å². The normalized spacial score (nSPS) is 19.7. The van der Waals surface area contributed by atoms with E-state index in [9.17, 15) is 9.35 Å². The van der Waals surface area contributed by atoms with Crippen LogP contribution in [0, 0.1) is 12.8 Å². The highest BCUT2D eigenvalue weighted by Gasteiger charge is 2.30. The van der Waals surface area contributed by atoms with E-state index < -0.39 is 11.2 Å². The van der Waals surface area contributed by atoms with Crippen molar-refractivity contribution in [1.82, 2.24) is 14.5 Å². The maximum Gasteiger partial charge on any atom is 0.228 e. The van der Waals surface area contributed by atoms with Gasteiger partial charge in [-0.15, -0.1) is 0 Å². The summed E-state index contributed by atoms with van der Waals surface area (Å²) >= 11 is -1.16. The molecule has 0 bridgehead atoms. The van der Waals surface area contributed by atoms with Crippen LogP contribution in [-0.4, -0.2) is 37.9 Å². The summed E-state index contributed by atoms with van der Waals surface area (Å²) in [6.07, 6.45) is 6.40. The van der Waals surface area contributed by atoms with Gasteiger partial charge in [-0.05, 0) is 62.3 Å². The van der Waals surface area contributed by atoms with Gasteiger partial charge in [0.2, 0.25) is 5.91 Å². The van der Waals surface area contributed by atoms with Crippen LogP contribution in [0.15, 0.2) is 35.2 Å². The number of carbonyl (C=O) groups excluding carboxylic acids is 1. The number of hydrogen-bond acceptors (Lipinski definition) is 6. The SMILES string of the molecule is Cc1nc2c(Nc3ccccc3[S+](C)[O-])cc(NC(=O)C3CC3)nc2n1C1CCCCO1. The zero-order chi connectivity index (χ0) is 22.2. The molecule has 2 unspecified atom stereocenters. The fourth-order valence-corrected chi connectivity index (χ4v) is 4.84. The van der Waals surface area contributed by atoms with Crippen LogP contribution in [0.25, 0.3) is 11.2 Å². The molecule has 8 nitrogen and oxygen atoms in total. The molecule has 168 valence electrons. The third kappa shape index (κ3) is 4.20. The predicted molar refractivity (Wildman–Crippen MR) is 125 cm³/mol. The van der Waals surface area contributed by atoms with Gasteiger partial charge in [-0.25, -0.2) is 9.97 Å². The number of aromatic nitrogens is 3. The Hall–Kier alpha value is -2.62. The van der Waals surface area contributed by atoms with Crippen molar-refractivity contribution >= 4 is 45.4 Å². The lowest BCUT2D eigenvalue weighted by molar-refractivity contribution is -0.117. The van der Waals surface area contributed by atoms with Crippen molar-refractivity contribution in [2.75, 3.05) is 23.5 Å². The minimum Gasteiger partial charge on any atom is -0.612 e. The van der Waals surface area contributed by atoms with Gasteiger partial charge in [0.25, 0.3) is 0 Å². The summed E-state index contributed by atoms with van der Waals surface area (Å²) in [6.45, 7) is 2.66. The number of hydrogen-bond donors (Lipinski definition) is 2. The lowest BCUT2D eigenvalue weighted by atomic mass is 10.2. The summed E-state index contributed by atoms with van der Waals surface area (Å²) in [5.74, 6) is 1.35. The van der Waals surface area contributed by atoms with Crippen LogP contribution in [0.2, 0.25) is 0 Å². The molecule has 2 fully saturated rings. The first-order valence-corrected chi connectivity index (χ1v) is 12.6. The van der Waals surface area contributed by atoms with Gasteiger partial charge in [0.05, 0.1) is 11.4 Å². The number of carbonyl (C=O) groups is 1. The molecular weight excluding hydrogens is 426 g/mol. The number of nitrogens with zero attached hydrogens (tertiary/aromatic N) is 3. The van der Waals surface area contributed by atoms with E-state index in [0.717, 1.165) is 43.6 Å². The van der Waals surface area contributed by atoms with Crippen LogP contribution in [-0.2, 0) is 20.7 Å². The highest BCUT2D eigenvalue weighted by molar-refractivity contribution is 7.90. The monoisotopic (exact) mass is 453 g/mol. The molecule has 5 rings (SSSR count). The molecule has 1 saturated heterocycles. The maximum absolute atomic E-state index is 12.5. The second-order valence-electron chi connectivity index (χ2n) is 8.42. The van der Waals surface area contributed by atoms with Gasteiger partial charge in [0, 0.05) is 18.6 Å². The number of amides is 1. The first-order chi connectivity index (χ1) is 15.5. The summed E-state index contributed by atoms with van der Waals surface area (Å²) in [4.78, 5) is 22.7. The quantitative estimate of drug-likeness (QED) is 0.540. The first kappa shape index (κ1) is 21.2. The van der Waals surface area contributed by atoms with Crippen LogP contribution < -0.4 is 10.6 Å². The van der Waals surface area contributed by atoms with Gasteiger partial charge < -0.3 is 19.9 Å². The van der Waals surface area contributed by atoms with E-state index in [0.29, 0.717) is 34.2 Å². The number of pyridine rings is 1. The molecule has 1 amide bonds. The molecule has 1 saturated carbocycles. The Morgan fingerprint density at radius 3 is 2.72 bits per heavy atom. The number of ether oxygens (including phenoxy) is 1. The average Bonchev–Trinajstić information content (AvgIpc) is 3.58. The fraction of sp³-hybridized carbons (Fsp3) is 0.435. The van der Waals surface area contributed by atoms with Gasteiger partial charge in [0.1, 0.15) is 29.6 Å². The van der Waals surface area contributed by atoms with E-state index in [2.05, 4.69) is 10.6 Å². The number of fused-ring (bicyclic) bond motifs is 1. The minimum absolute atomic E-state index is 0.00503. The molecule has 9 heteroatoms. The number of rotatable bonds is 6. The first-order valence-electron chi connectivity index (χ1n) is 11.0. The molecule has 0 radical (unpaired) electrons. The fourth-order valence-electron chi connectivity index (χ4n) is 4.14. The molecule has 2 N–H and O–H groups in total. The van der Waals surface area contributed by atoms with Crippen molar-refractivity contribution in [3.05, 3.63) is 36.2 Å². The Balaban J connectivity index is 1.61. The van der Waals surface area contributed by atoms with Gasteiger partial charge in [-0.3, -0.25) is 9.36 Å². The smallest absolute Gasteiger partial charge is 0.228 e. The second kappa shape index (κ2) is 8.73. The van der Waals surface area contributed by atoms with E-state index in [-0.39, 0.29) is 18.1 Å². The highest BCUT2D eigenvalue weighted by atomic mass is 32.2. The largest absolute Gasteiger partial charge is 0.612 e. The van der Waals surface area contributed by atoms with Gasteiger partial charge in [-0.2, -0.15) is 0 Å². The number of nitrogens with one attached hydrogen (secondary N) is 2. The molecule has 3 aromatic rings. The van der Waals surface area contributed by atoms with E-state index in [4.69, 9.17) is 14.7 Å². The Morgan fingerprint density at radius 1 is 1.19 bits per heavy atom. The zero-order valence-corrected chi connectivity index (χ0v) is 19.1. The van der Waals surface area contributed by atoms with Crippen molar-refractivity contribution in [2.24, 2.45) is 5.92 Å². The maximum atomic E-state index is 12.5. The molecule has 0 spiro atoms. The zero-order valence-electron chi connectivity index (χ0n) is 18.3. The summed E-state index contributed by atoms with van der Waals surface area (Å²) in [5.41, 5.74) is 2.80. The number of aryl methyl sites for hydroxylation is 1. The number of para-hydroxylation sites is 1. The standard InChI is InChI=1S/C23H27N5O3S/c1-14-24-21-17(25-16-7-3-4-8-18(16)32(2)30)13-19(27-23(29)15-10-11-15)26-22(21)28(14)20-9-5-6-12-31-20/h3-4,7-8,13,15,20H,5-6,9-12H2,1-2H3,(H2,25,26,27,29). The topological polar surface area (TPSA) is 104 Å². The van der Waals surface area contributed by atoms with E-state index >= 15 is 0 Å². The lowest BCUT2D eigenvalue weighted by Gasteiger charge is -2.25. The highest BCUT2D eigenvalue weighted by Crippen LogP contribution is 2.35. The van der Waals surface area contributed by atoms with Crippen molar-refractivity contribution in [1.29, 1.82) is 0 Å². The lowest BCUT2D eigenvalue weighted by Crippen LogP contribution is -2.20. The molecule has 1 aliphatic heterocycles. The molecule has 1 aromatic carbocycles. The second-order valence-corrected chi connectivity index (χ2v) is 9.76. The number of benzene rings is 1. The Labute approximate surface area is 190 Å². The third-order valence-electron chi connectivity index (χ3n) is 5.93. The van der Waals surface area contributed by atoms with Gasteiger partial charge >= 0.3 is 0 Å². The Bertz CT molecular complexity index is 1150. The minimum atomic E-state index is -1.16. The molecule has 3 heterocycles. The van der Waals surface area contributed by atoms with Crippen LogP contribution in [0.4, 0.5) is 17.2 Å². The summed E-state index contributed by atoms with van der Waals surface area (Å²) < 4.78 is 20.3. The van der Waals surface area contributed by atoms with Crippen molar-refractivity contribution < 1.29 is 14.1 Å². The summed E-state index contributed by atoms with van der Waals surface area (Å²) in [7, 11) is 0. The third-order valence-corrected chi connectivity index (χ3v) is 6.91. The van der Waals surface area contributed by atoms with Crippen molar-refractivity contribution in [3.8, 4) is 0 Å². The Kier molecular flexibility index (Phi) is 5.79. The van der Waals surface area contributed by atoms with Crippen LogP contribution in [0.5, 0.6) is 0 Å². The van der Waals surface area contributed by atoms with Gasteiger partial charge in [0.15, 0.2) is 10.5 Å². The summed E-state index contributed by atoms with van der Waals surface area (Å²) in [6, 6.07) is 9.29. The average molecular weight is 454 g/mol. The van der Waals surface area contributed by atoms with E-state index in [1.807, 2.05) is 35.8 Å². The number of anilines is 3. The molecule has 32 heavy (non-hydrogen) atoms. The number of imidazole rings is 1. The molecule has 2 aromatic heterocycles. The molecule has 1 aliphatic carbocycles. The van der Waals surface area contributed by atoms with Crippen LogP contribution in [0.3, 0.4) is 0 Å². The molecule has 2 atom stereocenters. The van der Waals surface area contributed by atoms with Crippen LogP contribution in [0.1, 0.15) is 44.2 Å².